The van der Waals surface area contributed by atoms with Gasteiger partial charge in [0, 0.05) is 17.6 Å². The highest BCUT2D eigenvalue weighted by Crippen LogP contribution is 2.20. The Bertz CT molecular complexity index is 504. The molecule has 1 rings (SSSR count). The minimum absolute atomic E-state index is 0.00392. The summed E-state index contributed by atoms with van der Waals surface area (Å²) in [6.07, 6.45) is 3.03. The minimum atomic E-state index is -0.356. The first-order valence-electron chi connectivity index (χ1n) is 6.46. The van der Waals surface area contributed by atoms with Crippen LogP contribution in [0.1, 0.15) is 25.0 Å². The number of nitrogens with one attached hydrogen (secondary N) is 3. The van der Waals surface area contributed by atoms with Gasteiger partial charge in [-0.1, -0.05) is 37.6 Å². The summed E-state index contributed by atoms with van der Waals surface area (Å²) in [6.45, 7) is 6.63. The molecule has 0 heterocycles. The summed E-state index contributed by atoms with van der Waals surface area (Å²) in [5.41, 5.74) is 1.81. The van der Waals surface area contributed by atoms with E-state index in [1.165, 1.54) is 6.08 Å². The van der Waals surface area contributed by atoms with Gasteiger partial charge >= 0.3 is 0 Å². The predicted molar refractivity (Wildman–Crippen MR) is 83.9 cm³/mol. The molecule has 108 valence electrons. The fourth-order valence-corrected chi connectivity index (χ4v) is 1.81. The highest BCUT2D eigenvalue weighted by molar-refractivity contribution is 6.32. The van der Waals surface area contributed by atoms with Gasteiger partial charge in [0.15, 0.2) is 5.96 Å². The van der Waals surface area contributed by atoms with E-state index in [0.717, 1.165) is 11.1 Å². The number of carbonyl (C=O) groups is 1. The summed E-state index contributed by atoms with van der Waals surface area (Å²) in [4.78, 5) is 11.7. The lowest BCUT2D eigenvalue weighted by Crippen LogP contribution is -2.40. The standard InChI is InChI=1S/C15H20ClN3O/c1-10(2)9-18-15(17)19-14(20)8-7-12-11(3)5-4-6-13(12)16/h4-8,10H,9H2,1-3H3,(H3,17,18,19,20)/b8-7+. The summed E-state index contributed by atoms with van der Waals surface area (Å²) in [6, 6.07) is 5.56. The molecular formula is C15H20ClN3O. The van der Waals surface area contributed by atoms with Gasteiger partial charge in [-0.3, -0.25) is 15.5 Å². The van der Waals surface area contributed by atoms with Crippen LogP contribution in [0, 0.1) is 18.3 Å². The second-order valence-electron chi connectivity index (χ2n) is 4.94. The van der Waals surface area contributed by atoms with Gasteiger partial charge in [0.25, 0.3) is 5.91 Å². The maximum Gasteiger partial charge on any atom is 0.250 e. The van der Waals surface area contributed by atoms with Crippen molar-refractivity contribution in [2.45, 2.75) is 20.8 Å². The summed E-state index contributed by atoms with van der Waals surface area (Å²) in [7, 11) is 0. The molecular weight excluding hydrogens is 274 g/mol. The molecule has 0 aliphatic heterocycles. The van der Waals surface area contributed by atoms with E-state index in [1.807, 2.05) is 32.9 Å². The fraction of sp³-hybridized carbons (Fsp3) is 0.333. The van der Waals surface area contributed by atoms with Crippen LogP contribution in [0.2, 0.25) is 5.02 Å². The fourth-order valence-electron chi connectivity index (χ4n) is 1.53. The highest BCUT2D eigenvalue weighted by Gasteiger charge is 2.03. The summed E-state index contributed by atoms with van der Waals surface area (Å²) < 4.78 is 0. The van der Waals surface area contributed by atoms with E-state index in [-0.39, 0.29) is 11.9 Å². The van der Waals surface area contributed by atoms with Crippen molar-refractivity contribution in [3.05, 3.63) is 40.4 Å². The number of aryl methyl sites for hydroxylation is 1. The third-order valence-corrected chi connectivity index (χ3v) is 2.94. The Morgan fingerprint density at radius 2 is 2.15 bits per heavy atom. The topological polar surface area (TPSA) is 65.0 Å². The Morgan fingerprint density at radius 3 is 2.75 bits per heavy atom. The molecule has 0 aliphatic carbocycles. The van der Waals surface area contributed by atoms with E-state index in [2.05, 4.69) is 10.6 Å². The van der Waals surface area contributed by atoms with Crippen molar-refractivity contribution in [3.8, 4) is 0 Å². The molecule has 1 aromatic carbocycles. The van der Waals surface area contributed by atoms with Gasteiger partial charge in [-0.25, -0.2) is 0 Å². The Morgan fingerprint density at radius 1 is 1.45 bits per heavy atom. The number of carbonyl (C=O) groups excluding carboxylic acids is 1. The molecule has 3 N–H and O–H groups in total. The molecule has 5 heteroatoms. The summed E-state index contributed by atoms with van der Waals surface area (Å²) >= 11 is 6.07. The van der Waals surface area contributed by atoms with E-state index >= 15 is 0 Å². The van der Waals surface area contributed by atoms with Gasteiger partial charge in [0.2, 0.25) is 0 Å². The first-order chi connectivity index (χ1) is 9.40. The van der Waals surface area contributed by atoms with Gasteiger partial charge in [0.1, 0.15) is 0 Å². The van der Waals surface area contributed by atoms with Crippen LogP contribution in [-0.2, 0) is 4.79 Å². The van der Waals surface area contributed by atoms with E-state index in [9.17, 15) is 4.79 Å². The lowest BCUT2D eigenvalue weighted by Gasteiger charge is -2.09. The normalized spacial score (nSPS) is 10.8. The zero-order valence-electron chi connectivity index (χ0n) is 12.0. The quantitative estimate of drug-likeness (QED) is 0.454. The second kappa shape index (κ2) is 7.70. The van der Waals surface area contributed by atoms with Crippen LogP contribution in [0.15, 0.2) is 24.3 Å². The van der Waals surface area contributed by atoms with Crippen molar-refractivity contribution >= 4 is 29.5 Å². The highest BCUT2D eigenvalue weighted by atomic mass is 35.5. The molecule has 0 bridgehead atoms. The van der Waals surface area contributed by atoms with Crippen molar-refractivity contribution in [1.29, 1.82) is 5.41 Å². The van der Waals surface area contributed by atoms with E-state index in [1.54, 1.807) is 12.1 Å². The number of hydrogen-bond acceptors (Lipinski definition) is 2. The third-order valence-electron chi connectivity index (χ3n) is 2.61. The molecule has 0 radical (unpaired) electrons. The zero-order chi connectivity index (χ0) is 15.1. The molecule has 0 atom stereocenters. The first kappa shape index (κ1) is 16.2. The van der Waals surface area contributed by atoms with E-state index in [4.69, 9.17) is 17.0 Å². The van der Waals surface area contributed by atoms with Crippen molar-refractivity contribution < 1.29 is 4.79 Å². The maximum absolute atomic E-state index is 11.7. The van der Waals surface area contributed by atoms with E-state index < -0.39 is 0 Å². The number of benzene rings is 1. The van der Waals surface area contributed by atoms with Crippen LogP contribution < -0.4 is 10.6 Å². The molecule has 0 aromatic heterocycles. The minimum Gasteiger partial charge on any atom is -0.356 e. The van der Waals surface area contributed by atoms with Crippen LogP contribution in [0.4, 0.5) is 0 Å². The second-order valence-corrected chi connectivity index (χ2v) is 5.35. The molecule has 0 saturated heterocycles. The molecule has 0 fully saturated rings. The number of rotatable bonds is 4. The molecule has 4 nitrogen and oxygen atoms in total. The molecule has 1 aromatic rings. The van der Waals surface area contributed by atoms with Crippen LogP contribution in [-0.4, -0.2) is 18.4 Å². The lowest BCUT2D eigenvalue weighted by molar-refractivity contribution is -0.115. The molecule has 0 spiro atoms. The Labute approximate surface area is 124 Å². The summed E-state index contributed by atoms with van der Waals surface area (Å²) in [5.74, 6) is 0.0587. The number of halogens is 1. The average molecular weight is 294 g/mol. The molecule has 0 saturated carbocycles. The van der Waals surface area contributed by atoms with Crippen LogP contribution >= 0.6 is 11.6 Å². The monoisotopic (exact) mass is 293 g/mol. The van der Waals surface area contributed by atoms with Gasteiger partial charge in [-0.05, 0) is 36.1 Å². The van der Waals surface area contributed by atoms with Crippen LogP contribution in [0.25, 0.3) is 6.08 Å². The van der Waals surface area contributed by atoms with Gasteiger partial charge in [-0.15, -0.1) is 0 Å². The third kappa shape index (κ3) is 5.45. The van der Waals surface area contributed by atoms with Crippen LogP contribution in [0.5, 0.6) is 0 Å². The Balaban J connectivity index is 2.58. The number of hydrogen-bond donors (Lipinski definition) is 3. The average Bonchev–Trinajstić information content (AvgIpc) is 2.35. The van der Waals surface area contributed by atoms with E-state index in [0.29, 0.717) is 17.5 Å². The zero-order valence-corrected chi connectivity index (χ0v) is 12.7. The maximum atomic E-state index is 11.7. The first-order valence-corrected chi connectivity index (χ1v) is 6.84. The summed E-state index contributed by atoms with van der Waals surface area (Å²) in [5, 5.41) is 13.4. The SMILES string of the molecule is Cc1cccc(Cl)c1/C=C/C(=O)NC(=N)NCC(C)C. The van der Waals surface area contributed by atoms with Crippen molar-refractivity contribution in [2.24, 2.45) is 5.92 Å². The Kier molecular flexibility index (Phi) is 6.25. The van der Waals surface area contributed by atoms with Crippen molar-refractivity contribution in [2.75, 3.05) is 6.54 Å². The number of guanidine groups is 1. The van der Waals surface area contributed by atoms with Crippen molar-refractivity contribution in [1.82, 2.24) is 10.6 Å². The predicted octanol–water partition coefficient (Wildman–Crippen LogP) is 2.96. The van der Waals surface area contributed by atoms with Crippen LogP contribution in [0.3, 0.4) is 0 Å². The van der Waals surface area contributed by atoms with Gasteiger partial charge in [0.05, 0.1) is 0 Å². The Hall–Kier alpha value is -1.81. The largest absolute Gasteiger partial charge is 0.356 e. The van der Waals surface area contributed by atoms with Gasteiger partial charge < -0.3 is 5.32 Å². The molecule has 0 unspecified atom stereocenters. The number of amides is 1. The molecule has 20 heavy (non-hydrogen) atoms. The lowest BCUT2D eigenvalue weighted by atomic mass is 10.1. The smallest absolute Gasteiger partial charge is 0.250 e. The molecule has 1 amide bonds. The van der Waals surface area contributed by atoms with Crippen molar-refractivity contribution in [3.63, 3.8) is 0 Å². The molecule has 0 aliphatic rings. The van der Waals surface area contributed by atoms with Gasteiger partial charge in [-0.2, -0.15) is 0 Å².